The van der Waals surface area contributed by atoms with Gasteiger partial charge in [-0.2, -0.15) is 0 Å². The highest BCUT2D eigenvalue weighted by Gasteiger charge is 2.21. The molecular weight excluding hydrogens is 372 g/mol. The van der Waals surface area contributed by atoms with Gasteiger partial charge in [-0.1, -0.05) is 45.1 Å². The largest absolute Gasteiger partial charge is 0.120 e. The Morgan fingerprint density at radius 2 is 1.29 bits per heavy atom. The Kier molecular flexibility index (Phi) is 9.44. The average Bonchev–Trinajstić information content (AvgIpc) is 2.75. The van der Waals surface area contributed by atoms with Crippen LogP contribution in [0.5, 0.6) is 0 Å². The van der Waals surface area contributed by atoms with Gasteiger partial charge in [0.2, 0.25) is 0 Å². The lowest BCUT2D eigenvalue weighted by Crippen LogP contribution is -2.08. The summed E-state index contributed by atoms with van der Waals surface area (Å²) in [5.41, 5.74) is 11.1. The second-order valence-corrected chi connectivity index (χ2v) is 8.59. The molecule has 0 saturated carbocycles. The Labute approximate surface area is 191 Å². The third-order valence-corrected chi connectivity index (χ3v) is 6.45. The minimum Gasteiger partial charge on any atom is -0.120 e. The van der Waals surface area contributed by atoms with Gasteiger partial charge >= 0.3 is 0 Å². The van der Waals surface area contributed by atoms with Crippen LogP contribution >= 0.6 is 0 Å². The molecule has 0 aliphatic rings. The van der Waals surface area contributed by atoms with Gasteiger partial charge in [-0.25, -0.2) is 0 Å². The zero-order valence-electron chi connectivity index (χ0n) is 20.0. The maximum atomic E-state index is 5.75. The van der Waals surface area contributed by atoms with Crippen molar-refractivity contribution >= 4 is 11.1 Å². The zero-order valence-corrected chi connectivity index (χ0v) is 20.0. The van der Waals surface area contributed by atoms with Gasteiger partial charge in [0.1, 0.15) is 0 Å². The first-order valence-corrected chi connectivity index (χ1v) is 10.7. The van der Waals surface area contributed by atoms with Crippen molar-refractivity contribution in [3.8, 4) is 37.0 Å². The van der Waals surface area contributed by atoms with Gasteiger partial charge in [-0.3, -0.25) is 0 Å². The summed E-state index contributed by atoms with van der Waals surface area (Å²) >= 11 is 0. The molecule has 160 valence electrons. The van der Waals surface area contributed by atoms with Gasteiger partial charge in [-0.15, -0.1) is 25.2 Å². The molecule has 2 unspecified atom stereocenters. The first-order valence-electron chi connectivity index (χ1n) is 10.7. The highest BCUT2D eigenvalue weighted by molar-refractivity contribution is 5.83. The highest BCUT2D eigenvalue weighted by Crippen LogP contribution is 2.39. The summed E-state index contributed by atoms with van der Waals surface area (Å²) in [5.74, 6) is 8.34. The Morgan fingerprint density at radius 1 is 0.774 bits per heavy atom. The number of benzene rings is 1. The van der Waals surface area contributed by atoms with E-state index in [1.807, 2.05) is 0 Å². The summed E-state index contributed by atoms with van der Waals surface area (Å²) in [6, 6.07) is 0. The molecular formula is C31H36. The monoisotopic (exact) mass is 408 g/mol. The van der Waals surface area contributed by atoms with Crippen molar-refractivity contribution in [1.82, 2.24) is 0 Å². The quantitative estimate of drug-likeness (QED) is 0.347. The zero-order chi connectivity index (χ0) is 23.9. The number of hydrogen-bond acceptors (Lipinski definition) is 0. The molecule has 1 rings (SSSR count). The molecule has 0 aliphatic carbocycles. The van der Waals surface area contributed by atoms with Crippen LogP contribution in [0.3, 0.4) is 0 Å². The second kappa shape index (κ2) is 11.3. The van der Waals surface area contributed by atoms with E-state index in [9.17, 15) is 0 Å². The van der Waals surface area contributed by atoms with Crippen molar-refractivity contribution in [1.29, 1.82) is 0 Å². The van der Waals surface area contributed by atoms with Crippen LogP contribution in [0.15, 0.2) is 37.5 Å². The standard InChI is InChI=1S/C31H36/c1-13-20(4)18-29(15-3)17-16-22(6)30-27(11)25(9)26(10)28(12)31(30)24(8)19-23(7)21(5)14-2/h1-3,23,29H,4-6,8,16-19H2,7,9-12H3. The molecule has 31 heavy (non-hydrogen) atoms. The Bertz CT molecular complexity index is 1030. The Hall–Kier alpha value is -3.14. The van der Waals surface area contributed by atoms with E-state index >= 15 is 0 Å². The fourth-order valence-corrected chi connectivity index (χ4v) is 4.01. The first-order chi connectivity index (χ1) is 14.5. The van der Waals surface area contributed by atoms with Crippen molar-refractivity contribution in [2.75, 3.05) is 0 Å². The van der Waals surface area contributed by atoms with E-state index in [1.165, 1.54) is 33.4 Å². The van der Waals surface area contributed by atoms with Crippen LogP contribution in [-0.2, 0) is 0 Å². The average molecular weight is 409 g/mol. The van der Waals surface area contributed by atoms with Crippen molar-refractivity contribution in [2.24, 2.45) is 11.8 Å². The molecule has 0 amide bonds. The molecule has 2 atom stereocenters. The lowest BCUT2D eigenvalue weighted by molar-refractivity contribution is 0.625. The lowest BCUT2D eigenvalue weighted by Gasteiger charge is -2.25. The summed E-state index contributed by atoms with van der Waals surface area (Å²) in [6.07, 6.45) is 19.8. The van der Waals surface area contributed by atoms with Gasteiger partial charge < -0.3 is 0 Å². The molecule has 0 spiro atoms. The topological polar surface area (TPSA) is 0 Å². The van der Waals surface area contributed by atoms with Crippen LogP contribution < -0.4 is 0 Å². The summed E-state index contributed by atoms with van der Waals surface area (Å²) in [5, 5.41) is 0. The van der Waals surface area contributed by atoms with E-state index in [1.54, 1.807) is 0 Å². The van der Waals surface area contributed by atoms with Gasteiger partial charge in [0.25, 0.3) is 0 Å². The minimum absolute atomic E-state index is 0.0545. The number of terminal acetylenes is 3. The molecule has 0 aromatic heterocycles. The third kappa shape index (κ3) is 6.17. The first kappa shape index (κ1) is 25.9. The van der Waals surface area contributed by atoms with E-state index in [0.29, 0.717) is 6.42 Å². The molecule has 1 aromatic carbocycles. The number of hydrogen-bond donors (Lipinski definition) is 0. The minimum atomic E-state index is 0.0545. The van der Waals surface area contributed by atoms with Crippen LogP contribution in [-0.4, -0.2) is 0 Å². The Morgan fingerprint density at radius 3 is 1.74 bits per heavy atom. The van der Waals surface area contributed by atoms with Crippen molar-refractivity contribution < 1.29 is 0 Å². The molecule has 0 heterocycles. The van der Waals surface area contributed by atoms with Gasteiger partial charge in [-0.05, 0) is 115 Å². The molecule has 0 fully saturated rings. The maximum Gasteiger partial charge on any atom is 0.0249 e. The van der Waals surface area contributed by atoms with Crippen molar-refractivity contribution in [3.63, 3.8) is 0 Å². The van der Waals surface area contributed by atoms with Crippen LogP contribution in [0.2, 0.25) is 0 Å². The Balaban J connectivity index is 3.35. The van der Waals surface area contributed by atoms with Crippen LogP contribution in [0.4, 0.5) is 0 Å². The van der Waals surface area contributed by atoms with Crippen molar-refractivity contribution in [3.05, 3.63) is 70.8 Å². The summed E-state index contributed by atoms with van der Waals surface area (Å²) in [7, 11) is 0. The van der Waals surface area contributed by atoms with Crippen LogP contribution in [0.1, 0.15) is 66.0 Å². The molecule has 0 heteroatoms. The SMILES string of the molecule is C#CC(=C)CC(C#C)CCC(=C)c1c(C)c(C)c(C)c(C)c1C(=C)CC(C)C(=C)C#C. The summed E-state index contributed by atoms with van der Waals surface area (Å²) in [4.78, 5) is 0. The molecule has 1 aromatic rings. The summed E-state index contributed by atoms with van der Waals surface area (Å²) < 4.78 is 0. The fraction of sp³-hybridized carbons (Fsp3) is 0.355. The normalized spacial score (nSPS) is 12.1. The lowest BCUT2D eigenvalue weighted by atomic mass is 9.79. The third-order valence-electron chi connectivity index (χ3n) is 6.45. The van der Waals surface area contributed by atoms with E-state index in [4.69, 9.17) is 19.3 Å². The smallest absolute Gasteiger partial charge is 0.0249 e. The highest BCUT2D eigenvalue weighted by atomic mass is 14.3. The van der Waals surface area contributed by atoms with Gasteiger partial charge in [0, 0.05) is 5.92 Å². The van der Waals surface area contributed by atoms with Crippen molar-refractivity contribution in [2.45, 2.75) is 60.3 Å². The predicted molar refractivity (Wildman–Crippen MR) is 139 cm³/mol. The molecule has 0 aliphatic heterocycles. The van der Waals surface area contributed by atoms with E-state index in [-0.39, 0.29) is 11.8 Å². The molecule has 0 N–H and O–H groups in total. The fourth-order valence-electron chi connectivity index (χ4n) is 4.01. The molecule has 0 saturated heterocycles. The van der Waals surface area contributed by atoms with Crippen LogP contribution in [0.25, 0.3) is 11.1 Å². The molecule has 0 bridgehead atoms. The number of allylic oxidation sites excluding steroid dienone is 4. The number of rotatable bonds is 10. The maximum absolute atomic E-state index is 5.75. The van der Waals surface area contributed by atoms with Gasteiger partial charge in [0.05, 0.1) is 0 Å². The summed E-state index contributed by atoms with van der Waals surface area (Å²) in [6.45, 7) is 27.6. The predicted octanol–water partition coefficient (Wildman–Crippen LogP) is 7.77. The van der Waals surface area contributed by atoms with Gasteiger partial charge in [0.15, 0.2) is 0 Å². The van der Waals surface area contributed by atoms with E-state index in [2.05, 4.69) is 78.7 Å². The second-order valence-electron chi connectivity index (χ2n) is 8.59. The van der Waals surface area contributed by atoms with E-state index in [0.717, 1.165) is 41.6 Å². The van der Waals surface area contributed by atoms with E-state index < -0.39 is 0 Å². The molecule has 0 nitrogen and oxygen atoms in total. The van der Waals surface area contributed by atoms with Crippen LogP contribution in [0, 0.1) is 76.6 Å². The molecule has 0 radical (unpaired) electrons.